The molecule has 4 aromatic heterocycles. The predicted octanol–water partition coefficient (Wildman–Crippen LogP) is 18.4. The van der Waals surface area contributed by atoms with Gasteiger partial charge in [0, 0.05) is 82.0 Å². The SMILES string of the molecule is c1ccc(N(c2cccc3c2[nH]c2ccc(-c4cccc(-c5cccc6c5[nH]c5ccccc56)c4)cc23)c2cccc3c2[nH]c2ccc(-c4cccc(-c5cccc6c5[nH]c5ccccc56)c4)cc23)cc1. The van der Waals surface area contributed by atoms with Crippen LogP contribution in [0.3, 0.4) is 0 Å². The first-order chi connectivity index (χ1) is 35.2. The summed E-state index contributed by atoms with van der Waals surface area (Å²) in [4.78, 5) is 17.6. The number of para-hydroxylation sites is 7. The molecule has 71 heavy (non-hydrogen) atoms. The maximum Gasteiger partial charge on any atom is 0.0709 e. The van der Waals surface area contributed by atoms with E-state index in [1.807, 2.05) is 0 Å². The molecule has 0 aliphatic rings. The second-order valence-electron chi connectivity index (χ2n) is 18.8. The number of nitrogens with one attached hydrogen (secondary N) is 4. The lowest BCUT2D eigenvalue weighted by Crippen LogP contribution is -2.11. The van der Waals surface area contributed by atoms with Gasteiger partial charge in [0.2, 0.25) is 0 Å². The Morgan fingerprint density at radius 1 is 0.225 bits per heavy atom. The Kier molecular flexibility index (Phi) is 8.59. The average molecular weight is 906 g/mol. The summed E-state index contributed by atoms with van der Waals surface area (Å²) >= 11 is 0. The lowest BCUT2D eigenvalue weighted by atomic mass is 9.96. The van der Waals surface area contributed by atoms with Crippen molar-refractivity contribution >= 4 is 104 Å². The number of fused-ring (bicyclic) bond motifs is 12. The van der Waals surface area contributed by atoms with E-state index in [1.54, 1.807) is 0 Å². The van der Waals surface area contributed by atoms with Crippen LogP contribution in [-0.4, -0.2) is 19.9 Å². The van der Waals surface area contributed by atoms with Crippen LogP contribution in [0.15, 0.2) is 237 Å². The minimum Gasteiger partial charge on any atom is -0.354 e. The molecule has 0 saturated carbocycles. The van der Waals surface area contributed by atoms with Crippen molar-refractivity contribution < 1.29 is 0 Å². The summed E-state index contributed by atoms with van der Waals surface area (Å²) in [6, 6.07) is 86.0. The van der Waals surface area contributed by atoms with E-state index in [0.29, 0.717) is 0 Å². The normalized spacial score (nSPS) is 11.9. The highest BCUT2D eigenvalue weighted by molar-refractivity contribution is 6.18. The van der Waals surface area contributed by atoms with Gasteiger partial charge in [-0.1, -0.05) is 164 Å². The van der Waals surface area contributed by atoms with Crippen LogP contribution in [0.4, 0.5) is 17.1 Å². The second-order valence-corrected chi connectivity index (χ2v) is 18.8. The molecule has 0 spiro atoms. The van der Waals surface area contributed by atoms with Crippen molar-refractivity contribution in [1.29, 1.82) is 0 Å². The van der Waals surface area contributed by atoms with E-state index in [1.165, 1.54) is 98.6 Å². The molecule has 0 saturated heterocycles. The zero-order valence-electron chi connectivity index (χ0n) is 38.5. The number of hydrogen-bond acceptors (Lipinski definition) is 1. The number of H-pyrrole nitrogens is 4. The molecule has 0 bridgehead atoms. The van der Waals surface area contributed by atoms with Gasteiger partial charge in [0.15, 0.2) is 0 Å². The highest BCUT2D eigenvalue weighted by Gasteiger charge is 2.22. The Hall–Kier alpha value is -9.58. The molecule has 0 atom stereocenters. The lowest BCUT2D eigenvalue weighted by molar-refractivity contribution is 1.29. The fourth-order valence-corrected chi connectivity index (χ4v) is 11.5. The van der Waals surface area contributed by atoms with Crippen molar-refractivity contribution in [2.75, 3.05) is 4.90 Å². The van der Waals surface area contributed by atoms with Gasteiger partial charge in [-0.2, -0.15) is 0 Å². The fourth-order valence-electron chi connectivity index (χ4n) is 11.5. The minimum absolute atomic E-state index is 1.08. The topological polar surface area (TPSA) is 66.4 Å². The molecule has 11 aromatic carbocycles. The molecule has 5 nitrogen and oxygen atoms in total. The predicted molar refractivity (Wildman–Crippen MR) is 300 cm³/mol. The molecule has 0 aliphatic heterocycles. The van der Waals surface area contributed by atoms with Gasteiger partial charge >= 0.3 is 0 Å². The summed E-state index contributed by atoms with van der Waals surface area (Å²) in [7, 11) is 0. The van der Waals surface area contributed by atoms with Crippen LogP contribution >= 0.6 is 0 Å². The maximum absolute atomic E-state index is 3.89. The van der Waals surface area contributed by atoms with Crippen LogP contribution in [0.1, 0.15) is 0 Å². The average Bonchev–Trinajstić information content (AvgIpc) is 4.22. The van der Waals surface area contributed by atoms with E-state index in [9.17, 15) is 0 Å². The smallest absolute Gasteiger partial charge is 0.0709 e. The van der Waals surface area contributed by atoms with Crippen LogP contribution in [0.25, 0.3) is 132 Å². The van der Waals surface area contributed by atoms with Gasteiger partial charge in [0.1, 0.15) is 0 Å². The van der Waals surface area contributed by atoms with Crippen LogP contribution in [0, 0.1) is 0 Å². The first-order valence-corrected chi connectivity index (χ1v) is 24.3. The van der Waals surface area contributed by atoms with Crippen molar-refractivity contribution in [3.63, 3.8) is 0 Å². The maximum atomic E-state index is 3.89. The number of nitrogens with zero attached hydrogens (tertiary/aromatic N) is 1. The molecule has 0 amide bonds. The van der Waals surface area contributed by atoms with E-state index in [2.05, 4.69) is 261 Å². The van der Waals surface area contributed by atoms with Crippen molar-refractivity contribution in [2.24, 2.45) is 0 Å². The molecule has 5 heteroatoms. The quantitative estimate of drug-likeness (QED) is 0.126. The molecule has 15 aromatic rings. The molecule has 0 aliphatic carbocycles. The number of hydrogen-bond donors (Lipinski definition) is 4. The van der Waals surface area contributed by atoms with Crippen LogP contribution in [-0.2, 0) is 0 Å². The number of rotatable bonds is 7. The Labute approximate surface area is 408 Å². The summed E-state index contributed by atoms with van der Waals surface area (Å²) in [5.41, 5.74) is 21.7. The van der Waals surface area contributed by atoms with E-state index >= 15 is 0 Å². The minimum atomic E-state index is 1.08. The standard InChI is InChI=1S/C66H43N5/c1-2-18-46(19-3-1)71(61-30-12-26-53-55-38-42(32-34-59(55)69-65(53)61)40-14-8-16-44(36-40)47-22-10-24-51-49-20-4-6-28-57(49)67-63(47)51)62-31-13-27-54-56-39-43(33-35-60(56)70-66(54)62)41-15-9-17-45(37-41)48-23-11-25-52-50-21-5-7-29-58(50)68-64(48)52/h1-39,67-70H. The Morgan fingerprint density at radius 3 is 1.10 bits per heavy atom. The molecule has 4 N–H and O–H groups in total. The molecular formula is C66H43N5. The van der Waals surface area contributed by atoms with Gasteiger partial charge in [0.25, 0.3) is 0 Å². The molecule has 15 rings (SSSR count). The van der Waals surface area contributed by atoms with Crippen LogP contribution in [0.2, 0.25) is 0 Å². The third kappa shape index (κ3) is 6.20. The first kappa shape index (κ1) is 39.4. The van der Waals surface area contributed by atoms with Gasteiger partial charge in [-0.25, -0.2) is 0 Å². The van der Waals surface area contributed by atoms with Gasteiger partial charge in [0.05, 0.1) is 33.4 Å². The van der Waals surface area contributed by atoms with Crippen LogP contribution < -0.4 is 4.90 Å². The third-order valence-electron chi connectivity index (χ3n) is 14.8. The summed E-state index contributed by atoms with van der Waals surface area (Å²) in [5, 5.41) is 9.71. The van der Waals surface area contributed by atoms with Crippen LogP contribution in [0.5, 0.6) is 0 Å². The molecular weight excluding hydrogens is 863 g/mol. The summed E-state index contributed by atoms with van der Waals surface area (Å²) in [6.45, 7) is 0. The number of aromatic amines is 4. The van der Waals surface area contributed by atoms with Crippen molar-refractivity contribution in [2.45, 2.75) is 0 Å². The fraction of sp³-hybridized carbons (Fsp3) is 0. The molecule has 0 unspecified atom stereocenters. The third-order valence-corrected chi connectivity index (χ3v) is 14.8. The Balaban J connectivity index is 0.826. The summed E-state index contributed by atoms with van der Waals surface area (Å²) in [5.74, 6) is 0. The molecule has 0 fully saturated rings. The van der Waals surface area contributed by atoms with Crippen molar-refractivity contribution in [3.8, 4) is 44.5 Å². The zero-order chi connectivity index (χ0) is 46.6. The highest BCUT2D eigenvalue weighted by atomic mass is 15.2. The Morgan fingerprint density at radius 2 is 0.592 bits per heavy atom. The molecule has 0 radical (unpaired) electrons. The van der Waals surface area contributed by atoms with Gasteiger partial charge < -0.3 is 24.8 Å². The van der Waals surface area contributed by atoms with Gasteiger partial charge in [-0.05, 0) is 106 Å². The molecule has 332 valence electrons. The number of benzene rings is 11. The Bertz CT molecular complexity index is 4330. The second kappa shape index (κ2) is 15.5. The monoisotopic (exact) mass is 905 g/mol. The lowest BCUT2D eigenvalue weighted by Gasteiger charge is -2.26. The summed E-state index contributed by atoms with van der Waals surface area (Å²) < 4.78 is 0. The van der Waals surface area contributed by atoms with E-state index in [4.69, 9.17) is 0 Å². The number of aromatic nitrogens is 4. The first-order valence-electron chi connectivity index (χ1n) is 24.3. The van der Waals surface area contributed by atoms with Crippen molar-refractivity contribution in [3.05, 3.63) is 237 Å². The van der Waals surface area contributed by atoms with E-state index in [0.717, 1.165) is 50.2 Å². The van der Waals surface area contributed by atoms with E-state index in [-0.39, 0.29) is 0 Å². The molecule has 4 heterocycles. The highest BCUT2D eigenvalue weighted by Crippen LogP contribution is 2.45. The van der Waals surface area contributed by atoms with Gasteiger partial charge in [-0.3, -0.25) is 0 Å². The van der Waals surface area contributed by atoms with Crippen molar-refractivity contribution in [1.82, 2.24) is 19.9 Å². The zero-order valence-corrected chi connectivity index (χ0v) is 38.5. The van der Waals surface area contributed by atoms with E-state index < -0.39 is 0 Å². The number of anilines is 3. The largest absolute Gasteiger partial charge is 0.354 e. The summed E-state index contributed by atoms with van der Waals surface area (Å²) in [6.07, 6.45) is 0. The van der Waals surface area contributed by atoms with Gasteiger partial charge in [-0.15, -0.1) is 0 Å².